The Kier molecular flexibility index (Phi) is 4.34. The average molecular weight is 343 g/mol. The molecule has 11 heteroatoms. The number of para-hydroxylation sites is 1. The topological polar surface area (TPSA) is 12.0 Å². The van der Waals surface area contributed by atoms with E-state index in [1.165, 1.54) is 0 Å². The van der Waals surface area contributed by atoms with Crippen molar-refractivity contribution in [1.29, 1.82) is 0 Å². The Labute approximate surface area is 116 Å². The summed E-state index contributed by atoms with van der Waals surface area (Å²) in [7, 11) is 0. The van der Waals surface area contributed by atoms with Gasteiger partial charge in [0.2, 0.25) is 0 Å². The summed E-state index contributed by atoms with van der Waals surface area (Å²) in [6.45, 7) is 0.810. The molecule has 1 aromatic carbocycles. The summed E-state index contributed by atoms with van der Waals surface area (Å²) in [5.74, 6) is -6.02. The predicted molar refractivity (Wildman–Crippen MR) is 55.8 cm³/mol. The molecular formula is C11H7F10N. The Balaban J connectivity index is 3.51. The highest BCUT2D eigenvalue weighted by atomic mass is 19.4. The van der Waals surface area contributed by atoms with Crippen LogP contribution in [-0.4, -0.2) is 18.1 Å². The quantitative estimate of drug-likeness (QED) is 0.574. The Morgan fingerprint density at radius 3 is 1.59 bits per heavy atom. The highest BCUT2D eigenvalue weighted by Crippen LogP contribution is 2.48. The number of nitrogens with one attached hydrogen (secondary N) is 1. The summed E-state index contributed by atoms with van der Waals surface area (Å²) >= 11 is 0. The van der Waals surface area contributed by atoms with Gasteiger partial charge in [-0.15, -0.1) is 0 Å². The van der Waals surface area contributed by atoms with Crippen LogP contribution in [0, 0.1) is 6.92 Å². The van der Waals surface area contributed by atoms with Crippen molar-refractivity contribution >= 4 is 5.69 Å². The van der Waals surface area contributed by atoms with Crippen molar-refractivity contribution in [2.45, 2.75) is 31.2 Å². The minimum absolute atomic E-state index is 0.239. The van der Waals surface area contributed by atoms with Gasteiger partial charge in [0.15, 0.2) is 0 Å². The molecule has 0 aliphatic heterocycles. The van der Waals surface area contributed by atoms with E-state index in [0.717, 1.165) is 19.1 Å². The minimum atomic E-state index is -6.52. The van der Waals surface area contributed by atoms with Crippen LogP contribution >= 0.6 is 0 Å². The zero-order valence-electron chi connectivity index (χ0n) is 10.5. The van der Waals surface area contributed by atoms with E-state index in [1.807, 2.05) is 0 Å². The van der Waals surface area contributed by atoms with Gasteiger partial charge in [-0.05, 0) is 18.6 Å². The summed E-state index contributed by atoms with van der Waals surface area (Å²) in [6, 6.07) is 1.82. The van der Waals surface area contributed by atoms with E-state index in [-0.39, 0.29) is 6.07 Å². The molecule has 1 rings (SSSR count). The Morgan fingerprint density at radius 2 is 1.23 bits per heavy atom. The van der Waals surface area contributed by atoms with Gasteiger partial charge in [0.05, 0.1) is 11.3 Å². The molecule has 126 valence electrons. The molecule has 0 atom stereocenters. The standard InChI is InChI=1S/C11H7F10N/c1-5-3-2-4-6(8(12,13)14)7(5)22-9(15,10(16,17)18)11(19,20)21/h2-4,22H,1H3. The molecule has 1 aromatic rings. The summed E-state index contributed by atoms with van der Waals surface area (Å²) in [5.41, 5.74) is -4.11. The number of alkyl halides is 10. The zero-order chi connectivity index (χ0) is 17.6. The molecule has 0 fully saturated rings. The number of hydrogen-bond acceptors (Lipinski definition) is 1. The van der Waals surface area contributed by atoms with E-state index in [2.05, 4.69) is 0 Å². The third-order valence-electron chi connectivity index (χ3n) is 2.66. The first-order chi connectivity index (χ1) is 9.61. The maximum Gasteiger partial charge on any atom is 0.451 e. The van der Waals surface area contributed by atoms with Gasteiger partial charge in [0.1, 0.15) is 0 Å². The van der Waals surface area contributed by atoms with Crippen LogP contribution in [0.1, 0.15) is 11.1 Å². The number of anilines is 1. The molecule has 0 unspecified atom stereocenters. The summed E-state index contributed by atoms with van der Waals surface area (Å²) in [4.78, 5) is 0. The van der Waals surface area contributed by atoms with Crippen LogP contribution < -0.4 is 5.32 Å². The lowest BCUT2D eigenvalue weighted by atomic mass is 10.1. The van der Waals surface area contributed by atoms with Gasteiger partial charge in [0.25, 0.3) is 0 Å². The lowest BCUT2D eigenvalue weighted by molar-refractivity contribution is -0.330. The molecule has 0 radical (unpaired) electrons. The molecule has 0 heterocycles. The van der Waals surface area contributed by atoms with Gasteiger partial charge in [-0.1, -0.05) is 12.1 Å². The van der Waals surface area contributed by atoms with E-state index in [1.54, 1.807) is 0 Å². The Morgan fingerprint density at radius 1 is 0.773 bits per heavy atom. The number of halogens is 10. The molecule has 1 N–H and O–H groups in total. The first kappa shape index (κ1) is 18.4. The van der Waals surface area contributed by atoms with Crippen LogP contribution in [0.3, 0.4) is 0 Å². The number of rotatable bonds is 2. The van der Waals surface area contributed by atoms with Crippen molar-refractivity contribution < 1.29 is 43.9 Å². The van der Waals surface area contributed by atoms with Crippen LogP contribution in [-0.2, 0) is 6.18 Å². The fraction of sp³-hybridized carbons (Fsp3) is 0.455. The van der Waals surface area contributed by atoms with Crippen LogP contribution in [0.4, 0.5) is 49.6 Å². The molecule has 0 spiro atoms. The van der Waals surface area contributed by atoms with Gasteiger partial charge in [-0.2, -0.15) is 43.9 Å². The van der Waals surface area contributed by atoms with E-state index in [9.17, 15) is 43.9 Å². The molecule has 22 heavy (non-hydrogen) atoms. The number of hydrogen-bond donors (Lipinski definition) is 1. The largest absolute Gasteiger partial charge is 0.451 e. The molecule has 0 aromatic heterocycles. The lowest BCUT2D eigenvalue weighted by Crippen LogP contribution is -2.59. The molecule has 0 bridgehead atoms. The first-order valence-electron chi connectivity index (χ1n) is 5.38. The zero-order valence-corrected chi connectivity index (χ0v) is 10.5. The van der Waals surface area contributed by atoms with Crippen molar-refractivity contribution in [3.63, 3.8) is 0 Å². The van der Waals surface area contributed by atoms with Gasteiger partial charge < -0.3 is 5.32 Å². The van der Waals surface area contributed by atoms with Gasteiger partial charge in [-0.25, -0.2) is 0 Å². The summed E-state index contributed by atoms with van der Waals surface area (Å²) in [5, 5.41) is 0.342. The van der Waals surface area contributed by atoms with Crippen LogP contribution in [0.15, 0.2) is 18.2 Å². The third kappa shape index (κ3) is 3.22. The Bertz CT molecular complexity index is 525. The van der Waals surface area contributed by atoms with Crippen molar-refractivity contribution in [2.24, 2.45) is 0 Å². The van der Waals surface area contributed by atoms with Crippen molar-refractivity contribution in [3.8, 4) is 0 Å². The smallest absolute Gasteiger partial charge is 0.338 e. The van der Waals surface area contributed by atoms with Crippen molar-refractivity contribution in [3.05, 3.63) is 29.3 Å². The van der Waals surface area contributed by atoms with Gasteiger partial charge in [0, 0.05) is 0 Å². The van der Waals surface area contributed by atoms with Crippen molar-refractivity contribution in [2.75, 3.05) is 5.32 Å². The van der Waals surface area contributed by atoms with Crippen LogP contribution in [0.25, 0.3) is 0 Å². The molecular weight excluding hydrogens is 336 g/mol. The maximum atomic E-state index is 13.5. The number of aryl methyl sites for hydroxylation is 1. The molecule has 0 saturated carbocycles. The molecule has 1 nitrogen and oxygen atoms in total. The molecule has 0 aliphatic carbocycles. The molecule has 0 aliphatic rings. The molecule has 0 amide bonds. The van der Waals surface area contributed by atoms with Crippen LogP contribution in [0.2, 0.25) is 0 Å². The van der Waals surface area contributed by atoms with E-state index in [4.69, 9.17) is 0 Å². The second kappa shape index (κ2) is 5.20. The lowest BCUT2D eigenvalue weighted by Gasteiger charge is -2.32. The third-order valence-corrected chi connectivity index (χ3v) is 2.66. The van der Waals surface area contributed by atoms with Gasteiger partial charge in [-0.3, -0.25) is 0 Å². The van der Waals surface area contributed by atoms with E-state index >= 15 is 0 Å². The van der Waals surface area contributed by atoms with Gasteiger partial charge >= 0.3 is 24.3 Å². The van der Waals surface area contributed by atoms with E-state index in [0.29, 0.717) is 5.32 Å². The number of benzene rings is 1. The van der Waals surface area contributed by atoms with Crippen molar-refractivity contribution in [1.82, 2.24) is 0 Å². The fourth-order valence-corrected chi connectivity index (χ4v) is 1.54. The first-order valence-corrected chi connectivity index (χ1v) is 5.38. The summed E-state index contributed by atoms with van der Waals surface area (Å²) in [6.07, 6.45) is -18.3. The highest BCUT2D eigenvalue weighted by Gasteiger charge is 2.73. The van der Waals surface area contributed by atoms with E-state index < -0.39 is 41.1 Å². The normalized spacial score (nSPS) is 14.1. The Hall–Kier alpha value is -1.68. The monoisotopic (exact) mass is 343 g/mol. The minimum Gasteiger partial charge on any atom is -0.338 e. The van der Waals surface area contributed by atoms with Crippen LogP contribution in [0.5, 0.6) is 0 Å². The second-order valence-corrected chi connectivity index (χ2v) is 4.27. The summed E-state index contributed by atoms with van der Waals surface area (Å²) < 4.78 is 126. The second-order valence-electron chi connectivity index (χ2n) is 4.27. The SMILES string of the molecule is Cc1cccc(C(F)(F)F)c1NC(F)(C(F)(F)F)C(F)(F)F. The fourth-order valence-electron chi connectivity index (χ4n) is 1.54. The molecule has 0 saturated heterocycles. The maximum absolute atomic E-state index is 13.5. The predicted octanol–water partition coefficient (Wildman–Crippen LogP) is 5.22. The average Bonchev–Trinajstić information content (AvgIpc) is 2.27. The highest BCUT2D eigenvalue weighted by molar-refractivity contribution is 5.60.